The molecule has 158 valence electrons. The average molecular weight is 405 g/mol. The van der Waals surface area contributed by atoms with Crippen molar-refractivity contribution < 1.29 is 24.2 Å². The van der Waals surface area contributed by atoms with Gasteiger partial charge in [0.25, 0.3) is 0 Å². The number of carbonyl (C=O) groups is 2. The highest BCUT2D eigenvalue weighted by atomic mass is 31.2. The number of aliphatic hydroxyl groups excluding tert-OH is 1. The average Bonchev–Trinajstić information content (AvgIpc) is 2.58. The van der Waals surface area contributed by atoms with Gasteiger partial charge in [0, 0.05) is 12.7 Å². The van der Waals surface area contributed by atoms with Crippen LogP contribution in [0.2, 0.25) is 0 Å². The third-order valence-corrected chi connectivity index (χ3v) is 7.13. The molecule has 1 saturated carbocycles. The van der Waals surface area contributed by atoms with Crippen LogP contribution in [-0.4, -0.2) is 58.9 Å². The van der Waals surface area contributed by atoms with Crippen LogP contribution in [-0.2, 0) is 14.2 Å². The predicted molar refractivity (Wildman–Crippen MR) is 106 cm³/mol. The molecule has 0 saturated heterocycles. The summed E-state index contributed by atoms with van der Waals surface area (Å²) < 4.78 is 12.4. The zero-order valence-corrected chi connectivity index (χ0v) is 17.6. The van der Waals surface area contributed by atoms with Crippen molar-refractivity contribution in [1.29, 1.82) is 0 Å². The maximum absolute atomic E-state index is 12.4. The first-order valence-corrected chi connectivity index (χ1v) is 11.9. The monoisotopic (exact) mass is 405 g/mol. The molecule has 8 nitrogen and oxygen atoms in total. The van der Waals surface area contributed by atoms with Crippen molar-refractivity contribution in [3.05, 3.63) is 0 Å². The van der Waals surface area contributed by atoms with Crippen LogP contribution in [0.1, 0.15) is 52.9 Å². The molecular formula is C18H36N3O5P. The molecule has 2 amide bonds. The fourth-order valence-electron chi connectivity index (χ4n) is 3.29. The molecule has 0 heterocycles. The Bertz CT molecular complexity index is 537. The van der Waals surface area contributed by atoms with Crippen LogP contribution in [0.5, 0.6) is 0 Å². The van der Waals surface area contributed by atoms with Gasteiger partial charge in [0.05, 0.1) is 18.3 Å². The highest BCUT2D eigenvalue weighted by Crippen LogP contribution is 2.45. The molecule has 27 heavy (non-hydrogen) atoms. The number of carbonyl (C=O) groups excluding carboxylic acids is 2. The lowest BCUT2D eigenvalue weighted by molar-refractivity contribution is -0.129. The molecule has 4 atom stereocenters. The van der Waals surface area contributed by atoms with Crippen LogP contribution < -0.4 is 16.4 Å². The van der Waals surface area contributed by atoms with Crippen molar-refractivity contribution in [3.63, 3.8) is 0 Å². The molecule has 0 bridgehead atoms. The van der Waals surface area contributed by atoms with E-state index >= 15 is 0 Å². The summed E-state index contributed by atoms with van der Waals surface area (Å²) in [5, 5.41) is 15.1. The molecule has 1 rings (SSSR count). The first-order chi connectivity index (χ1) is 12.5. The third-order valence-electron chi connectivity index (χ3n) is 5.05. The normalized spacial score (nSPS) is 21.1. The second kappa shape index (κ2) is 11.1. The van der Waals surface area contributed by atoms with Crippen LogP contribution in [0.4, 0.5) is 0 Å². The van der Waals surface area contributed by atoms with Crippen molar-refractivity contribution in [3.8, 4) is 0 Å². The SMILES string of the molecule is CC(C)[C@H](N)C(=O)N[C@@H](C)C(=O)NC[C@@H](O)CP(=O)(O)CC1CCCCC1. The van der Waals surface area contributed by atoms with Crippen molar-refractivity contribution in [2.45, 2.75) is 71.1 Å². The first-order valence-electron chi connectivity index (χ1n) is 9.84. The van der Waals surface area contributed by atoms with Crippen LogP contribution in [0.25, 0.3) is 0 Å². The van der Waals surface area contributed by atoms with E-state index in [2.05, 4.69) is 10.6 Å². The maximum atomic E-state index is 12.4. The molecule has 1 fully saturated rings. The quantitative estimate of drug-likeness (QED) is 0.340. The number of rotatable bonds is 10. The fourth-order valence-corrected chi connectivity index (χ4v) is 5.40. The summed E-state index contributed by atoms with van der Waals surface area (Å²) in [6, 6.07) is -1.51. The highest BCUT2D eigenvalue weighted by Gasteiger charge is 2.29. The molecule has 0 aromatic rings. The molecule has 6 N–H and O–H groups in total. The van der Waals surface area contributed by atoms with Gasteiger partial charge in [-0.1, -0.05) is 33.1 Å². The molecule has 0 aromatic heterocycles. The second-order valence-corrected chi connectivity index (χ2v) is 10.5. The second-order valence-electron chi connectivity index (χ2n) is 8.11. The first kappa shape index (κ1) is 24.1. The Morgan fingerprint density at radius 2 is 1.74 bits per heavy atom. The van der Waals surface area contributed by atoms with E-state index in [1.54, 1.807) is 0 Å². The van der Waals surface area contributed by atoms with E-state index in [1.165, 1.54) is 13.3 Å². The minimum atomic E-state index is -3.44. The Labute approximate surface area is 162 Å². The Morgan fingerprint density at radius 1 is 1.15 bits per heavy atom. The molecular weight excluding hydrogens is 369 g/mol. The van der Waals surface area contributed by atoms with E-state index in [1.807, 2.05) is 13.8 Å². The smallest absolute Gasteiger partial charge is 0.242 e. The van der Waals surface area contributed by atoms with Gasteiger partial charge in [-0.3, -0.25) is 14.2 Å². The van der Waals surface area contributed by atoms with Gasteiger partial charge in [-0.15, -0.1) is 0 Å². The van der Waals surface area contributed by atoms with Crippen LogP contribution in [0, 0.1) is 11.8 Å². The topological polar surface area (TPSA) is 142 Å². The number of amides is 2. The fraction of sp³-hybridized carbons (Fsp3) is 0.889. The molecule has 1 aliphatic rings. The van der Waals surface area contributed by atoms with E-state index < -0.39 is 37.4 Å². The van der Waals surface area contributed by atoms with E-state index in [4.69, 9.17) is 5.73 Å². The van der Waals surface area contributed by atoms with Gasteiger partial charge in [0.1, 0.15) is 6.04 Å². The summed E-state index contributed by atoms with van der Waals surface area (Å²) in [5.41, 5.74) is 5.73. The van der Waals surface area contributed by atoms with Crippen molar-refractivity contribution >= 4 is 19.2 Å². The predicted octanol–water partition coefficient (Wildman–Crippen LogP) is 0.802. The number of hydrogen-bond acceptors (Lipinski definition) is 5. The van der Waals surface area contributed by atoms with Gasteiger partial charge in [-0.05, 0) is 31.6 Å². The van der Waals surface area contributed by atoms with Gasteiger partial charge in [-0.25, -0.2) is 0 Å². The summed E-state index contributed by atoms with van der Waals surface area (Å²) in [4.78, 5) is 34.1. The minimum absolute atomic E-state index is 0.0510. The third kappa shape index (κ3) is 9.19. The van der Waals surface area contributed by atoms with Gasteiger partial charge < -0.3 is 26.4 Å². The summed E-state index contributed by atoms with van der Waals surface area (Å²) in [6.07, 6.45) is 4.19. The van der Waals surface area contributed by atoms with Gasteiger partial charge in [-0.2, -0.15) is 0 Å². The lowest BCUT2D eigenvalue weighted by Gasteiger charge is -2.25. The Balaban J connectivity index is 2.36. The lowest BCUT2D eigenvalue weighted by atomic mass is 9.91. The summed E-state index contributed by atoms with van der Waals surface area (Å²) in [6.45, 7) is 5.01. The Morgan fingerprint density at radius 3 is 2.30 bits per heavy atom. The molecule has 0 aliphatic heterocycles. The zero-order valence-electron chi connectivity index (χ0n) is 16.7. The summed E-state index contributed by atoms with van der Waals surface area (Å²) in [5.74, 6) is -0.694. The van der Waals surface area contributed by atoms with Crippen LogP contribution >= 0.6 is 7.37 Å². The minimum Gasteiger partial charge on any atom is -0.391 e. The van der Waals surface area contributed by atoms with Crippen LogP contribution in [0.15, 0.2) is 0 Å². The molecule has 1 aliphatic carbocycles. The van der Waals surface area contributed by atoms with E-state index in [9.17, 15) is 24.2 Å². The van der Waals surface area contributed by atoms with E-state index in [0.29, 0.717) is 0 Å². The lowest BCUT2D eigenvalue weighted by Crippen LogP contribution is -2.52. The van der Waals surface area contributed by atoms with Crippen molar-refractivity contribution in [2.75, 3.05) is 18.9 Å². The van der Waals surface area contributed by atoms with Crippen molar-refractivity contribution in [2.24, 2.45) is 17.6 Å². The molecule has 9 heteroatoms. The number of aliphatic hydroxyl groups is 1. The maximum Gasteiger partial charge on any atom is 0.242 e. The number of nitrogens with two attached hydrogens (primary N) is 1. The molecule has 0 spiro atoms. The van der Waals surface area contributed by atoms with Crippen molar-refractivity contribution in [1.82, 2.24) is 10.6 Å². The molecule has 1 unspecified atom stereocenters. The Kier molecular flexibility index (Phi) is 9.95. The standard InChI is InChI=1S/C18H36N3O5P/c1-12(2)16(19)18(24)21-13(3)17(23)20-9-15(22)11-27(25,26)10-14-7-5-4-6-8-14/h12-16,22H,4-11,19H2,1-3H3,(H,20,23)(H,21,24)(H,25,26)/t13-,15+,16-/m0/s1. The summed E-state index contributed by atoms with van der Waals surface area (Å²) in [7, 11) is -3.44. The van der Waals surface area contributed by atoms with Crippen LogP contribution in [0.3, 0.4) is 0 Å². The number of hydrogen-bond donors (Lipinski definition) is 5. The zero-order chi connectivity index (χ0) is 20.6. The van der Waals surface area contributed by atoms with E-state index in [-0.39, 0.29) is 30.7 Å². The van der Waals surface area contributed by atoms with Gasteiger partial charge in [0.15, 0.2) is 0 Å². The highest BCUT2D eigenvalue weighted by molar-refractivity contribution is 7.58. The molecule has 0 aromatic carbocycles. The van der Waals surface area contributed by atoms with Gasteiger partial charge in [0.2, 0.25) is 19.2 Å². The van der Waals surface area contributed by atoms with Gasteiger partial charge >= 0.3 is 0 Å². The summed E-state index contributed by atoms with van der Waals surface area (Å²) >= 11 is 0. The van der Waals surface area contributed by atoms with E-state index in [0.717, 1.165) is 25.7 Å². The molecule has 0 radical (unpaired) electrons. The largest absolute Gasteiger partial charge is 0.391 e. The number of nitrogens with one attached hydrogen (secondary N) is 2. The Hall–Kier alpha value is -0.950.